The number of Topliss-reactive ketones (excluding diaryl/α,β-unsaturated/α-hetero) is 2. The number of carbonyl (C=O) groups excluding carboxylic acids is 2. The van der Waals surface area contributed by atoms with Crippen molar-refractivity contribution in [3.8, 4) is 0 Å². The highest BCUT2D eigenvalue weighted by molar-refractivity contribution is 14.1. The molecule has 0 spiro atoms. The zero-order valence-corrected chi connectivity index (χ0v) is 12.5. The fraction of sp³-hybridized carbons (Fsp3) is 0.333. The second kappa shape index (κ2) is 4.22. The smallest absolute Gasteiger partial charge is 0.151 e. The van der Waals surface area contributed by atoms with E-state index < -0.39 is 5.41 Å². The van der Waals surface area contributed by atoms with Crippen LogP contribution < -0.4 is 0 Å². The maximum atomic E-state index is 11.9. The summed E-state index contributed by atoms with van der Waals surface area (Å²) in [6.45, 7) is 1.74. The van der Waals surface area contributed by atoms with Crippen LogP contribution in [0.15, 0.2) is 22.7 Å². The summed E-state index contributed by atoms with van der Waals surface area (Å²) >= 11 is 5.55. The number of carbonyl (C=O) groups is 2. The molecule has 0 radical (unpaired) electrons. The van der Waals surface area contributed by atoms with Gasteiger partial charge in [-0.05, 0) is 53.3 Å². The van der Waals surface area contributed by atoms with Crippen LogP contribution in [0, 0.1) is 3.57 Å². The van der Waals surface area contributed by atoms with E-state index in [-0.39, 0.29) is 11.6 Å². The van der Waals surface area contributed by atoms with E-state index in [2.05, 4.69) is 38.5 Å². The predicted octanol–water partition coefficient (Wildman–Crippen LogP) is 3.24. The van der Waals surface area contributed by atoms with Crippen LogP contribution in [0.1, 0.15) is 25.3 Å². The molecule has 1 aliphatic rings. The van der Waals surface area contributed by atoms with Gasteiger partial charge in [-0.2, -0.15) is 0 Å². The van der Waals surface area contributed by atoms with Crippen molar-refractivity contribution in [2.45, 2.75) is 25.2 Å². The fourth-order valence-corrected chi connectivity index (χ4v) is 3.30. The summed E-state index contributed by atoms with van der Waals surface area (Å²) in [7, 11) is 0. The van der Waals surface area contributed by atoms with Gasteiger partial charge in [0.25, 0.3) is 0 Å². The van der Waals surface area contributed by atoms with Gasteiger partial charge in [0.15, 0.2) is 11.6 Å². The van der Waals surface area contributed by atoms with Gasteiger partial charge >= 0.3 is 0 Å². The highest BCUT2D eigenvalue weighted by Gasteiger charge is 2.47. The highest BCUT2D eigenvalue weighted by atomic mass is 127. The van der Waals surface area contributed by atoms with E-state index in [0.29, 0.717) is 12.8 Å². The minimum atomic E-state index is -0.930. The first-order valence-electron chi connectivity index (χ1n) is 4.98. The Labute approximate surface area is 116 Å². The molecule has 84 valence electrons. The molecule has 2 nitrogen and oxygen atoms in total. The van der Waals surface area contributed by atoms with E-state index in [4.69, 9.17) is 0 Å². The Bertz CT molecular complexity index is 466. The lowest BCUT2D eigenvalue weighted by molar-refractivity contribution is -0.128. The molecule has 0 unspecified atom stereocenters. The van der Waals surface area contributed by atoms with Crippen LogP contribution in [0.2, 0.25) is 0 Å². The van der Waals surface area contributed by atoms with Gasteiger partial charge in [0.1, 0.15) is 5.41 Å². The maximum absolute atomic E-state index is 11.9. The SMILES string of the molecule is CC1(c2cc(Br)ccc2I)C(=O)CCC1=O. The maximum Gasteiger partial charge on any atom is 0.151 e. The first kappa shape index (κ1) is 12.2. The van der Waals surface area contributed by atoms with E-state index >= 15 is 0 Å². The molecule has 1 aromatic carbocycles. The topological polar surface area (TPSA) is 34.1 Å². The van der Waals surface area contributed by atoms with Gasteiger partial charge in [-0.15, -0.1) is 0 Å². The average molecular weight is 393 g/mol. The van der Waals surface area contributed by atoms with Crippen molar-refractivity contribution in [3.63, 3.8) is 0 Å². The number of rotatable bonds is 1. The van der Waals surface area contributed by atoms with Gasteiger partial charge in [-0.25, -0.2) is 0 Å². The summed E-state index contributed by atoms with van der Waals surface area (Å²) in [5.41, 5.74) is -0.102. The number of ketones is 2. The van der Waals surface area contributed by atoms with Crippen LogP contribution in [0.4, 0.5) is 0 Å². The van der Waals surface area contributed by atoms with Crippen LogP contribution in [-0.2, 0) is 15.0 Å². The summed E-state index contributed by atoms with van der Waals surface area (Å²) in [4.78, 5) is 23.9. The first-order chi connectivity index (χ1) is 7.46. The standard InChI is InChI=1S/C12H10BrIO2/c1-12(10(15)4-5-11(12)16)8-6-7(13)2-3-9(8)14/h2-3,6H,4-5H2,1H3. The largest absolute Gasteiger partial charge is 0.298 e. The van der Waals surface area contributed by atoms with Crippen molar-refractivity contribution in [2.75, 3.05) is 0 Å². The van der Waals surface area contributed by atoms with E-state index in [0.717, 1.165) is 13.6 Å². The summed E-state index contributed by atoms with van der Waals surface area (Å²) in [5, 5.41) is 0. The molecule has 0 atom stereocenters. The molecule has 4 heteroatoms. The monoisotopic (exact) mass is 392 g/mol. The van der Waals surface area contributed by atoms with Crippen LogP contribution in [-0.4, -0.2) is 11.6 Å². The normalized spacial score (nSPS) is 19.2. The van der Waals surface area contributed by atoms with Gasteiger partial charge in [-0.3, -0.25) is 9.59 Å². The van der Waals surface area contributed by atoms with Gasteiger partial charge in [0, 0.05) is 20.9 Å². The third-order valence-corrected chi connectivity index (χ3v) is 4.60. The zero-order valence-electron chi connectivity index (χ0n) is 8.72. The second-order valence-electron chi connectivity index (χ2n) is 4.10. The van der Waals surface area contributed by atoms with Gasteiger partial charge < -0.3 is 0 Å². The number of halogens is 2. The minimum Gasteiger partial charge on any atom is -0.298 e. The Morgan fingerprint density at radius 2 is 1.81 bits per heavy atom. The van der Waals surface area contributed by atoms with Crippen molar-refractivity contribution in [1.29, 1.82) is 0 Å². The Morgan fingerprint density at radius 1 is 1.25 bits per heavy atom. The highest BCUT2D eigenvalue weighted by Crippen LogP contribution is 2.38. The van der Waals surface area contributed by atoms with E-state index in [9.17, 15) is 9.59 Å². The van der Waals surface area contributed by atoms with E-state index in [1.165, 1.54) is 0 Å². The molecule has 1 fully saturated rings. The molecule has 0 aliphatic heterocycles. The van der Waals surface area contributed by atoms with Crippen LogP contribution in [0.25, 0.3) is 0 Å². The Morgan fingerprint density at radius 3 is 2.38 bits per heavy atom. The molecule has 1 aliphatic carbocycles. The molecule has 0 saturated heterocycles. The predicted molar refractivity (Wildman–Crippen MR) is 73.5 cm³/mol. The van der Waals surface area contributed by atoms with Crippen molar-refractivity contribution in [3.05, 3.63) is 31.8 Å². The molecule has 0 N–H and O–H groups in total. The Balaban J connectivity index is 2.62. The van der Waals surface area contributed by atoms with Crippen molar-refractivity contribution >= 4 is 50.1 Å². The fourth-order valence-electron chi connectivity index (χ4n) is 2.06. The number of hydrogen-bond donors (Lipinski definition) is 0. The summed E-state index contributed by atoms with van der Waals surface area (Å²) in [5.74, 6) is 0.0713. The molecular formula is C12H10BrIO2. The number of benzene rings is 1. The molecule has 0 bridgehead atoms. The van der Waals surface area contributed by atoms with Crippen LogP contribution >= 0.6 is 38.5 Å². The minimum absolute atomic E-state index is 0.0357. The van der Waals surface area contributed by atoms with Gasteiger partial charge in [0.05, 0.1) is 0 Å². The molecule has 0 aromatic heterocycles. The zero-order chi connectivity index (χ0) is 11.9. The van der Waals surface area contributed by atoms with Crippen LogP contribution in [0.3, 0.4) is 0 Å². The Hall–Kier alpha value is -0.230. The van der Waals surface area contributed by atoms with E-state index in [1.807, 2.05) is 18.2 Å². The molecule has 1 saturated carbocycles. The first-order valence-corrected chi connectivity index (χ1v) is 6.85. The van der Waals surface area contributed by atoms with Gasteiger partial charge in [0.2, 0.25) is 0 Å². The third kappa shape index (κ3) is 1.76. The number of hydrogen-bond acceptors (Lipinski definition) is 2. The van der Waals surface area contributed by atoms with Gasteiger partial charge in [-0.1, -0.05) is 15.9 Å². The molecule has 2 rings (SSSR count). The Kier molecular flexibility index (Phi) is 3.22. The second-order valence-corrected chi connectivity index (χ2v) is 6.17. The van der Waals surface area contributed by atoms with E-state index in [1.54, 1.807) is 6.92 Å². The third-order valence-electron chi connectivity index (χ3n) is 3.16. The molecule has 16 heavy (non-hydrogen) atoms. The average Bonchev–Trinajstić information content (AvgIpc) is 2.51. The summed E-state index contributed by atoms with van der Waals surface area (Å²) < 4.78 is 1.86. The van der Waals surface area contributed by atoms with Crippen LogP contribution in [0.5, 0.6) is 0 Å². The summed E-state index contributed by atoms with van der Waals surface area (Å²) in [6.07, 6.45) is 0.746. The lowest BCUT2D eigenvalue weighted by Crippen LogP contribution is -2.35. The molecule has 0 heterocycles. The molecular weight excluding hydrogens is 383 g/mol. The quantitative estimate of drug-likeness (QED) is 0.543. The van der Waals surface area contributed by atoms with Crippen molar-refractivity contribution in [2.24, 2.45) is 0 Å². The lowest BCUT2D eigenvalue weighted by atomic mass is 9.79. The lowest BCUT2D eigenvalue weighted by Gasteiger charge is -2.22. The summed E-state index contributed by atoms with van der Waals surface area (Å²) in [6, 6.07) is 5.71. The molecule has 0 amide bonds. The van der Waals surface area contributed by atoms with Crippen molar-refractivity contribution < 1.29 is 9.59 Å². The van der Waals surface area contributed by atoms with Crippen molar-refractivity contribution in [1.82, 2.24) is 0 Å². The molecule has 1 aromatic rings.